The number of likely N-dealkylation sites (tertiary alicyclic amines) is 1. The first-order valence-electron chi connectivity index (χ1n) is 11.5. The minimum absolute atomic E-state index is 0.0502. The van der Waals surface area contributed by atoms with E-state index in [1.807, 2.05) is 0 Å². The number of nitrogens with zero attached hydrogens (tertiary/aromatic N) is 3. The molecule has 1 N–H and O–H groups in total. The van der Waals surface area contributed by atoms with Gasteiger partial charge in [-0.3, -0.25) is 4.79 Å². The lowest BCUT2D eigenvalue weighted by molar-refractivity contribution is -0.178. The lowest BCUT2D eigenvalue weighted by Gasteiger charge is -2.60. The summed E-state index contributed by atoms with van der Waals surface area (Å²) < 4.78 is 49.9. The van der Waals surface area contributed by atoms with E-state index in [9.17, 15) is 22.8 Å². The second kappa shape index (κ2) is 8.66. The van der Waals surface area contributed by atoms with E-state index in [0.29, 0.717) is 31.8 Å². The Balaban J connectivity index is 1.21. The normalized spacial score (nSPS) is 36.4. The highest BCUT2D eigenvalue weighted by Crippen LogP contribution is 2.63. The van der Waals surface area contributed by atoms with Crippen LogP contribution < -0.4 is 5.32 Å². The predicted molar refractivity (Wildman–Crippen MR) is 122 cm³/mol. The Morgan fingerprint density at radius 2 is 2.09 bits per heavy atom. The molecule has 0 spiro atoms. The van der Waals surface area contributed by atoms with Crippen molar-refractivity contribution in [1.29, 1.82) is 0 Å². The monoisotopic (exact) mass is 594 g/mol. The molecule has 1 aromatic rings. The van der Waals surface area contributed by atoms with E-state index in [-0.39, 0.29) is 39.8 Å². The highest BCUT2D eigenvalue weighted by molar-refractivity contribution is 14.1. The topological polar surface area (TPSA) is 93.7 Å². The van der Waals surface area contributed by atoms with Crippen molar-refractivity contribution >= 4 is 40.6 Å². The Morgan fingerprint density at radius 3 is 2.82 bits per heavy atom. The Morgan fingerprint density at radius 1 is 1.29 bits per heavy atom. The van der Waals surface area contributed by atoms with Gasteiger partial charge in [-0.2, -0.15) is 13.2 Å². The summed E-state index contributed by atoms with van der Waals surface area (Å²) in [6, 6.07) is 0.550. The summed E-state index contributed by atoms with van der Waals surface area (Å²) in [7, 11) is 1.43. The lowest BCUT2D eigenvalue weighted by Crippen LogP contribution is -2.63. The average Bonchev–Trinajstić information content (AvgIpc) is 3.26. The first-order chi connectivity index (χ1) is 16.1. The average molecular weight is 594 g/mol. The number of ether oxygens (including phenoxy) is 2. The van der Waals surface area contributed by atoms with Gasteiger partial charge >= 0.3 is 18.2 Å². The number of hydrogen-bond acceptors (Lipinski definition) is 7. The number of anilines is 1. The molecule has 0 radical (unpaired) electrons. The minimum Gasteiger partial charge on any atom is -0.469 e. The third-order valence-corrected chi connectivity index (χ3v) is 9.98. The van der Waals surface area contributed by atoms with Gasteiger partial charge in [0, 0.05) is 35.2 Å². The number of halogens is 4. The van der Waals surface area contributed by atoms with E-state index in [1.165, 1.54) is 7.11 Å². The zero-order valence-electron chi connectivity index (χ0n) is 18.6. The molecule has 4 aliphatic carbocycles. The van der Waals surface area contributed by atoms with Crippen LogP contribution in [0.15, 0.2) is 12.3 Å². The number of hydrogen-bond donors (Lipinski definition) is 1. The van der Waals surface area contributed by atoms with Gasteiger partial charge < -0.3 is 19.7 Å². The summed E-state index contributed by atoms with van der Waals surface area (Å²) in [6.07, 6.45) is -0.169. The zero-order valence-corrected chi connectivity index (χ0v) is 20.7. The van der Waals surface area contributed by atoms with Gasteiger partial charge in [-0.1, -0.05) is 22.6 Å². The van der Waals surface area contributed by atoms with E-state index in [0.717, 1.165) is 31.5 Å². The largest absolute Gasteiger partial charge is 0.469 e. The van der Waals surface area contributed by atoms with Crippen LogP contribution >= 0.6 is 22.6 Å². The van der Waals surface area contributed by atoms with E-state index in [2.05, 4.69) is 37.9 Å². The molecule has 186 valence electrons. The van der Waals surface area contributed by atoms with Crippen LogP contribution in [-0.2, 0) is 20.4 Å². The Labute approximate surface area is 208 Å². The summed E-state index contributed by atoms with van der Waals surface area (Å²) in [6.45, 7) is 0.725. The van der Waals surface area contributed by atoms with Gasteiger partial charge in [0.15, 0.2) is 0 Å². The smallest absolute Gasteiger partial charge is 0.433 e. The third kappa shape index (κ3) is 4.09. The molecule has 1 aliphatic heterocycles. The molecule has 7 unspecified atom stereocenters. The van der Waals surface area contributed by atoms with Crippen molar-refractivity contribution in [3.05, 3.63) is 18.0 Å². The van der Waals surface area contributed by atoms with Crippen molar-refractivity contribution in [2.45, 2.75) is 54.4 Å². The number of esters is 1. The van der Waals surface area contributed by atoms with E-state index >= 15 is 0 Å². The number of aromatic nitrogens is 2. The third-order valence-electron chi connectivity index (χ3n) is 7.87. The molecule has 7 atom stereocenters. The van der Waals surface area contributed by atoms with Crippen molar-refractivity contribution in [2.75, 3.05) is 25.5 Å². The van der Waals surface area contributed by atoms with Gasteiger partial charge in [0.25, 0.3) is 0 Å². The molecule has 4 saturated carbocycles. The van der Waals surface area contributed by atoms with Crippen LogP contribution in [0, 0.1) is 23.2 Å². The second-order valence-corrected chi connectivity index (χ2v) is 11.2. The Kier molecular flexibility index (Phi) is 6.08. The molecule has 1 saturated heterocycles. The molecule has 4 bridgehead atoms. The summed E-state index contributed by atoms with van der Waals surface area (Å²) in [5.41, 5.74) is -1.50. The van der Waals surface area contributed by atoms with Crippen LogP contribution in [0.3, 0.4) is 0 Å². The van der Waals surface area contributed by atoms with Crippen molar-refractivity contribution in [3.8, 4) is 0 Å². The summed E-state index contributed by atoms with van der Waals surface area (Å²) >= 11 is 2.34. The van der Waals surface area contributed by atoms with Crippen molar-refractivity contribution in [3.63, 3.8) is 0 Å². The number of amides is 1. The first-order valence-corrected chi connectivity index (χ1v) is 12.7. The van der Waals surface area contributed by atoms with Crippen LogP contribution in [0.5, 0.6) is 0 Å². The van der Waals surface area contributed by atoms with Gasteiger partial charge in [-0.05, 0) is 50.0 Å². The molecule has 5 fully saturated rings. The summed E-state index contributed by atoms with van der Waals surface area (Å²) in [4.78, 5) is 34.6. The Hall–Kier alpha value is -1.86. The summed E-state index contributed by atoms with van der Waals surface area (Å²) in [5.74, 6) is 0.446. The number of carbonyl (C=O) groups excluding carboxylic acids is 2. The van der Waals surface area contributed by atoms with Crippen LogP contribution in [0.25, 0.3) is 0 Å². The molecule has 8 nitrogen and oxygen atoms in total. The minimum atomic E-state index is -4.55. The van der Waals surface area contributed by atoms with Gasteiger partial charge in [0.05, 0.1) is 12.5 Å². The number of methoxy groups -OCH3 is 1. The summed E-state index contributed by atoms with van der Waals surface area (Å²) in [5, 5.41) is 2.90. The van der Waals surface area contributed by atoms with Crippen LogP contribution in [0.1, 0.15) is 37.8 Å². The van der Waals surface area contributed by atoms with E-state index in [4.69, 9.17) is 9.47 Å². The number of alkyl halides is 4. The lowest BCUT2D eigenvalue weighted by atomic mass is 9.48. The Bertz CT molecular complexity index is 982. The molecule has 12 heteroatoms. The van der Waals surface area contributed by atoms with Gasteiger partial charge in [-0.15, -0.1) is 0 Å². The number of nitrogens with one attached hydrogen (secondary N) is 1. The molecule has 6 rings (SSSR count). The molecule has 1 amide bonds. The van der Waals surface area contributed by atoms with Crippen LogP contribution in [0.2, 0.25) is 0 Å². The van der Waals surface area contributed by atoms with Crippen molar-refractivity contribution in [2.24, 2.45) is 23.2 Å². The zero-order chi connectivity index (χ0) is 24.3. The van der Waals surface area contributed by atoms with Crippen LogP contribution in [-0.4, -0.2) is 63.2 Å². The number of carbonyl (C=O) groups is 2. The molecular formula is C22H26F3IN4O4. The molecule has 5 aliphatic rings. The number of rotatable bonds is 4. The molecule has 0 aromatic carbocycles. The SMILES string of the molecule is COC(=O)C12CC3CC(C1)C(OC(=O)N1CCC(Nc4nccc(C(F)(F)F)n4)C1)C(C3)C2I. The molecular weight excluding hydrogens is 568 g/mol. The second-order valence-electron chi connectivity index (χ2n) is 9.91. The highest BCUT2D eigenvalue weighted by atomic mass is 127. The predicted octanol–water partition coefficient (Wildman–Crippen LogP) is 3.90. The van der Waals surface area contributed by atoms with Crippen molar-refractivity contribution < 1.29 is 32.2 Å². The fourth-order valence-corrected chi connectivity index (χ4v) is 8.02. The fraction of sp³-hybridized carbons (Fsp3) is 0.727. The maximum Gasteiger partial charge on any atom is 0.433 e. The van der Waals surface area contributed by atoms with Gasteiger partial charge in [0.2, 0.25) is 5.95 Å². The van der Waals surface area contributed by atoms with Crippen molar-refractivity contribution in [1.82, 2.24) is 14.9 Å². The van der Waals surface area contributed by atoms with Gasteiger partial charge in [0.1, 0.15) is 11.8 Å². The first kappa shape index (κ1) is 23.9. The van der Waals surface area contributed by atoms with E-state index < -0.39 is 23.4 Å². The fourth-order valence-electron chi connectivity index (χ4n) is 6.55. The molecule has 1 aromatic heterocycles. The van der Waals surface area contributed by atoms with E-state index in [1.54, 1.807) is 4.90 Å². The standard InChI is InChI=1S/C22H26F3IN4O4/c1-33-18(31)21-8-11-6-12(9-21)16(14(7-11)17(21)26)34-20(32)30-5-3-13(10-30)28-19-27-4-2-15(29-19)22(23,24)25/h2,4,11-14,16-17H,3,5-10H2,1H3,(H,27,28,29). The quantitative estimate of drug-likeness (QED) is 0.321. The maximum absolute atomic E-state index is 13.0. The highest BCUT2D eigenvalue weighted by Gasteiger charge is 2.65. The van der Waals surface area contributed by atoms with Gasteiger partial charge in [-0.25, -0.2) is 14.8 Å². The maximum atomic E-state index is 13.0. The van der Waals surface area contributed by atoms with Crippen LogP contribution in [0.4, 0.5) is 23.9 Å². The molecule has 34 heavy (non-hydrogen) atoms. The molecule has 2 heterocycles.